The number of pyridine rings is 1. The van der Waals surface area contributed by atoms with E-state index in [2.05, 4.69) is 4.98 Å². The van der Waals surface area contributed by atoms with Crippen molar-refractivity contribution in [2.75, 3.05) is 12.3 Å². The van der Waals surface area contributed by atoms with Gasteiger partial charge in [0.15, 0.2) is 11.3 Å². The van der Waals surface area contributed by atoms with Crippen molar-refractivity contribution in [2.45, 2.75) is 6.92 Å². The van der Waals surface area contributed by atoms with Crippen LogP contribution in [0, 0.1) is 0 Å². The lowest BCUT2D eigenvalue weighted by Crippen LogP contribution is -2.04. The number of hydrogen-bond donors (Lipinski definition) is 1. The molecule has 0 spiro atoms. The maximum Gasteiger partial charge on any atom is 0.358 e. The van der Waals surface area contributed by atoms with Gasteiger partial charge < -0.3 is 14.9 Å². The van der Waals surface area contributed by atoms with E-state index in [0.29, 0.717) is 17.9 Å². The van der Waals surface area contributed by atoms with Gasteiger partial charge in [-0.15, -0.1) is 0 Å². The van der Waals surface area contributed by atoms with Crippen molar-refractivity contribution < 1.29 is 9.53 Å². The van der Waals surface area contributed by atoms with E-state index in [1.807, 2.05) is 0 Å². The van der Waals surface area contributed by atoms with Crippen LogP contribution in [0.15, 0.2) is 24.5 Å². The standard InChI is InChI=1S/C10H11N3O2/c1-2-15-10(14)8-6-13-5-3-4-7(11)9(13)12-8/h3-6H,2,11H2,1H3. The summed E-state index contributed by atoms with van der Waals surface area (Å²) in [5, 5.41) is 0. The zero-order chi connectivity index (χ0) is 10.8. The number of nitrogens with two attached hydrogens (primary N) is 1. The van der Waals surface area contributed by atoms with E-state index in [-0.39, 0.29) is 5.69 Å². The van der Waals surface area contributed by atoms with Crippen molar-refractivity contribution in [3.05, 3.63) is 30.2 Å². The second-order valence-corrected chi connectivity index (χ2v) is 3.04. The Morgan fingerprint density at radius 1 is 1.67 bits per heavy atom. The predicted octanol–water partition coefficient (Wildman–Crippen LogP) is 1.09. The highest BCUT2D eigenvalue weighted by molar-refractivity contribution is 5.88. The number of nitrogens with zero attached hydrogens (tertiary/aromatic N) is 2. The first-order valence-corrected chi connectivity index (χ1v) is 4.62. The molecule has 2 aromatic rings. The number of nitrogen functional groups attached to an aromatic ring is 1. The molecule has 15 heavy (non-hydrogen) atoms. The van der Waals surface area contributed by atoms with Crippen LogP contribution < -0.4 is 5.73 Å². The Balaban J connectivity index is 2.47. The third-order valence-electron chi connectivity index (χ3n) is 2.00. The van der Waals surface area contributed by atoms with Gasteiger partial charge in [-0.25, -0.2) is 9.78 Å². The molecule has 0 saturated heterocycles. The van der Waals surface area contributed by atoms with Crippen LogP contribution in [0.2, 0.25) is 0 Å². The molecule has 0 aliphatic heterocycles. The fourth-order valence-electron chi connectivity index (χ4n) is 1.34. The van der Waals surface area contributed by atoms with Gasteiger partial charge in [-0.05, 0) is 19.1 Å². The lowest BCUT2D eigenvalue weighted by molar-refractivity contribution is 0.0520. The second kappa shape index (κ2) is 3.61. The molecule has 0 bridgehead atoms. The van der Waals surface area contributed by atoms with Gasteiger partial charge in [-0.1, -0.05) is 0 Å². The van der Waals surface area contributed by atoms with Crippen molar-refractivity contribution in [3.8, 4) is 0 Å². The smallest absolute Gasteiger partial charge is 0.358 e. The molecule has 78 valence electrons. The quantitative estimate of drug-likeness (QED) is 0.745. The van der Waals surface area contributed by atoms with E-state index in [0.717, 1.165) is 0 Å². The molecule has 0 fully saturated rings. The first-order chi connectivity index (χ1) is 7.22. The van der Waals surface area contributed by atoms with Gasteiger partial charge in [0, 0.05) is 12.4 Å². The number of carbonyl (C=O) groups is 1. The monoisotopic (exact) mass is 205 g/mol. The minimum Gasteiger partial charge on any atom is -0.461 e. The zero-order valence-corrected chi connectivity index (χ0v) is 8.30. The molecule has 0 radical (unpaired) electrons. The molecule has 0 aromatic carbocycles. The van der Waals surface area contributed by atoms with Crippen LogP contribution in [-0.4, -0.2) is 22.0 Å². The van der Waals surface area contributed by atoms with Crippen molar-refractivity contribution in [2.24, 2.45) is 0 Å². The van der Waals surface area contributed by atoms with E-state index < -0.39 is 5.97 Å². The van der Waals surface area contributed by atoms with Crippen LogP contribution in [0.25, 0.3) is 5.65 Å². The summed E-state index contributed by atoms with van der Waals surface area (Å²) >= 11 is 0. The molecule has 0 atom stereocenters. The summed E-state index contributed by atoms with van der Waals surface area (Å²) in [6.07, 6.45) is 3.38. The number of anilines is 1. The van der Waals surface area contributed by atoms with E-state index >= 15 is 0 Å². The second-order valence-electron chi connectivity index (χ2n) is 3.04. The molecule has 5 nitrogen and oxygen atoms in total. The molecular weight excluding hydrogens is 194 g/mol. The Kier molecular flexibility index (Phi) is 2.29. The maximum absolute atomic E-state index is 11.4. The van der Waals surface area contributed by atoms with Crippen LogP contribution in [-0.2, 0) is 4.74 Å². The van der Waals surface area contributed by atoms with Crippen LogP contribution in [0.4, 0.5) is 5.69 Å². The fourth-order valence-corrected chi connectivity index (χ4v) is 1.34. The van der Waals surface area contributed by atoms with Crippen LogP contribution in [0.5, 0.6) is 0 Å². The Bertz CT molecular complexity index is 504. The van der Waals surface area contributed by atoms with Gasteiger partial charge in [-0.3, -0.25) is 0 Å². The number of esters is 1. The first kappa shape index (κ1) is 9.51. The average Bonchev–Trinajstić information content (AvgIpc) is 2.63. The highest BCUT2D eigenvalue weighted by Gasteiger charge is 2.12. The lowest BCUT2D eigenvalue weighted by Gasteiger charge is -1.95. The number of rotatable bonds is 2. The van der Waals surface area contributed by atoms with E-state index in [1.54, 1.807) is 35.9 Å². The molecule has 2 heterocycles. The molecule has 0 aliphatic carbocycles. The van der Waals surface area contributed by atoms with Crippen molar-refractivity contribution >= 4 is 17.3 Å². The Hall–Kier alpha value is -2.04. The minimum absolute atomic E-state index is 0.273. The molecule has 2 rings (SSSR count). The highest BCUT2D eigenvalue weighted by atomic mass is 16.5. The lowest BCUT2D eigenvalue weighted by atomic mass is 10.4. The third kappa shape index (κ3) is 1.63. The number of imidazole rings is 1. The topological polar surface area (TPSA) is 69.6 Å². The largest absolute Gasteiger partial charge is 0.461 e. The normalized spacial score (nSPS) is 10.5. The Morgan fingerprint density at radius 2 is 2.47 bits per heavy atom. The fraction of sp³-hybridized carbons (Fsp3) is 0.200. The number of hydrogen-bond acceptors (Lipinski definition) is 4. The van der Waals surface area contributed by atoms with Gasteiger partial charge in [-0.2, -0.15) is 0 Å². The first-order valence-electron chi connectivity index (χ1n) is 4.62. The van der Waals surface area contributed by atoms with E-state index in [4.69, 9.17) is 10.5 Å². The van der Waals surface area contributed by atoms with Crippen molar-refractivity contribution in [1.29, 1.82) is 0 Å². The van der Waals surface area contributed by atoms with Crippen molar-refractivity contribution in [1.82, 2.24) is 9.38 Å². The summed E-state index contributed by atoms with van der Waals surface area (Å²) in [5.41, 5.74) is 7.09. The number of aromatic nitrogens is 2. The summed E-state index contributed by atoms with van der Waals surface area (Å²) in [6.45, 7) is 2.09. The highest BCUT2D eigenvalue weighted by Crippen LogP contribution is 2.12. The number of fused-ring (bicyclic) bond motifs is 1. The minimum atomic E-state index is -0.430. The van der Waals surface area contributed by atoms with Gasteiger partial charge >= 0.3 is 5.97 Å². The molecule has 0 aliphatic rings. The average molecular weight is 205 g/mol. The summed E-state index contributed by atoms with van der Waals surface area (Å²) in [7, 11) is 0. The Morgan fingerprint density at radius 3 is 3.13 bits per heavy atom. The van der Waals surface area contributed by atoms with E-state index in [1.165, 1.54) is 0 Å². The van der Waals surface area contributed by atoms with Gasteiger partial charge in [0.05, 0.1) is 12.3 Å². The summed E-state index contributed by atoms with van der Waals surface area (Å²) in [5.74, 6) is -0.430. The van der Waals surface area contributed by atoms with Crippen LogP contribution >= 0.6 is 0 Å². The van der Waals surface area contributed by atoms with Gasteiger partial charge in [0.2, 0.25) is 0 Å². The SMILES string of the molecule is CCOC(=O)c1cn2cccc(N)c2n1. The van der Waals surface area contributed by atoms with Crippen molar-refractivity contribution in [3.63, 3.8) is 0 Å². The van der Waals surface area contributed by atoms with Crippen LogP contribution in [0.1, 0.15) is 17.4 Å². The predicted molar refractivity (Wildman–Crippen MR) is 55.6 cm³/mol. The molecular formula is C10H11N3O2. The molecule has 2 N–H and O–H groups in total. The van der Waals surface area contributed by atoms with Gasteiger partial charge in [0.25, 0.3) is 0 Å². The summed E-state index contributed by atoms with van der Waals surface area (Å²) in [6, 6.07) is 3.52. The third-order valence-corrected chi connectivity index (χ3v) is 2.00. The molecule has 0 saturated carbocycles. The molecule has 0 unspecified atom stereocenters. The van der Waals surface area contributed by atoms with Crippen LogP contribution in [0.3, 0.4) is 0 Å². The molecule has 5 heteroatoms. The molecule has 2 aromatic heterocycles. The number of ether oxygens (including phenoxy) is 1. The summed E-state index contributed by atoms with van der Waals surface area (Å²) < 4.78 is 6.54. The maximum atomic E-state index is 11.4. The molecule has 0 amide bonds. The Labute approximate surface area is 86.5 Å². The zero-order valence-electron chi connectivity index (χ0n) is 8.30. The number of carbonyl (C=O) groups excluding carboxylic acids is 1. The van der Waals surface area contributed by atoms with Gasteiger partial charge in [0.1, 0.15) is 0 Å². The summed E-state index contributed by atoms with van der Waals surface area (Å²) in [4.78, 5) is 15.5. The van der Waals surface area contributed by atoms with E-state index in [9.17, 15) is 4.79 Å².